The van der Waals surface area contributed by atoms with Crippen LogP contribution in [0.5, 0.6) is 34.5 Å². The van der Waals surface area contributed by atoms with Crippen molar-refractivity contribution in [3.8, 4) is 34.5 Å². The quantitative estimate of drug-likeness (QED) is 0.347. The highest BCUT2D eigenvalue weighted by molar-refractivity contribution is 6.03. The fraction of sp³-hybridized carbons (Fsp3) is 0.500. The highest BCUT2D eigenvalue weighted by Crippen LogP contribution is 2.41. The van der Waals surface area contributed by atoms with Gasteiger partial charge in [-0.05, 0) is 44.6 Å². The molecule has 1 atom stereocenters. The first-order valence-corrected chi connectivity index (χ1v) is 12.7. The van der Waals surface area contributed by atoms with Crippen LogP contribution in [0.4, 0.5) is 5.69 Å². The second kappa shape index (κ2) is 12.6. The molecule has 0 unspecified atom stereocenters. The number of methoxy groups -OCH3 is 4. The normalized spacial score (nSPS) is 16.1. The van der Waals surface area contributed by atoms with Crippen molar-refractivity contribution in [3.63, 3.8) is 0 Å². The number of aliphatic imine (C=N–C) groups is 1. The van der Waals surface area contributed by atoms with Crippen LogP contribution >= 0.6 is 0 Å². The van der Waals surface area contributed by atoms with Crippen molar-refractivity contribution in [2.45, 2.75) is 44.6 Å². The molecule has 2 aliphatic heterocycles. The lowest BCUT2D eigenvalue weighted by Crippen LogP contribution is -2.35. The summed E-state index contributed by atoms with van der Waals surface area (Å²) in [5, 5.41) is 0. The number of carbonyl (C=O) groups excluding carboxylic acids is 1. The zero-order valence-electron chi connectivity index (χ0n) is 22.1. The molecule has 0 radical (unpaired) electrons. The van der Waals surface area contributed by atoms with Crippen molar-refractivity contribution < 1.29 is 33.2 Å². The Balaban J connectivity index is 1.23. The van der Waals surface area contributed by atoms with Crippen LogP contribution in [0.15, 0.2) is 29.3 Å². The highest BCUT2D eigenvalue weighted by atomic mass is 16.5. The number of hydrogen-bond donors (Lipinski definition) is 0. The molecule has 9 heteroatoms. The van der Waals surface area contributed by atoms with E-state index >= 15 is 0 Å². The number of amides is 1. The molecule has 37 heavy (non-hydrogen) atoms. The van der Waals surface area contributed by atoms with Gasteiger partial charge in [0.05, 0.1) is 58.9 Å². The monoisotopic (exact) mass is 512 g/mol. The third kappa shape index (κ3) is 6.03. The number of benzene rings is 2. The minimum atomic E-state index is 0.00796. The van der Waals surface area contributed by atoms with Gasteiger partial charge in [-0.3, -0.25) is 9.79 Å². The van der Waals surface area contributed by atoms with Crippen LogP contribution < -0.4 is 28.4 Å². The summed E-state index contributed by atoms with van der Waals surface area (Å²) in [5.74, 6) is 3.53. The maximum atomic E-state index is 13.0. The average Bonchev–Trinajstić information content (AvgIpc) is 3.36. The smallest absolute Gasteiger partial charge is 0.256 e. The van der Waals surface area contributed by atoms with Crippen molar-refractivity contribution in [2.24, 2.45) is 4.99 Å². The van der Waals surface area contributed by atoms with E-state index in [0.717, 1.165) is 45.1 Å². The topological polar surface area (TPSA) is 88.1 Å². The molecule has 200 valence electrons. The molecular formula is C28H36N2O7. The molecule has 1 saturated heterocycles. The predicted octanol–water partition coefficient (Wildman–Crippen LogP) is 5.06. The number of ether oxygens (including phenoxy) is 6. The van der Waals surface area contributed by atoms with Crippen LogP contribution in [0.2, 0.25) is 0 Å². The number of rotatable bonds is 13. The summed E-state index contributed by atoms with van der Waals surface area (Å²) in [4.78, 5) is 19.5. The van der Waals surface area contributed by atoms with Gasteiger partial charge >= 0.3 is 0 Å². The first-order chi connectivity index (χ1) is 18.1. The number of unbranched alkanes of at least 4 members (excludes halogenated alkanes) is 3. The first-order valence-electron chi connectivity index (χ1n) is 12.7. The Kier molecular flexibility index (Phi) is 8.98. The van der Waals surface area contributed by atoms with E-state index in [0.29, 0.717) is 59.0 Å². The van der Waals surface area contributed by atoms with Crippen LogP contribution in [-0.4, -0.2) is 71.3 Å². The van der Waals surface area contributed by atoms with Gasteiger partial charge < -0.3 is 33.3 Å². The van der Waals surface area contributed by atoms with Gasteiger partial charge in [-0.2, -0.15) is 0 Å². The summed E-state index contributed by atoms with van der Waals surface area (Å²) in [5.41, 5.74) is 1.20. The summed E-state index contributed by atoms with van der Waals surface area (Å²) < 4.78 is 33.5. The summed E-state index contributed by atoms with van der Waals surface area (Å²) in [6.45, 7) is 1.90. The van der Waals surface area contributed by atoms with Crippen LogP contribution in [0.3, 0.4) is 0 Å². The van der Waals surface area contributed by atoms with E-state index in [2.05, 4.69) is 4.99 Å². The van der Waals surface area contributed by atoms with Gasteiger partial charge in [-0.15, -0.1) is 0 Å². The van der Waals surface area contributed by atoms with E-state index in [1.54, 1.807) is 46.6 Å². The lowest BCUT2D eigenvalue weighted by atomic mass is 10.1. The molecule has 1 amide bonds. The van der Waals surface area contributed by atoms with Gasteiger partial charge in [0.1, 0.15) is 5.75 Å². The highest BCUT2D eigenvalue weighted by Gasteiger charge is 2.32. The molecule has 2 aromatic rings. The molecule has 0 aliphatic carbocycles. The van der Waals surface area contributed by atoms with E-state index in [1.165, 1.54) is 0 Å². The fourth-order valence-corrected chi connectivity index (χ4v) is 4.69. The Morgan fingerprint density at radius 2 is 1.49 bits per heavy atom. The van der Waals surface area contributed by atoms with Crippen LogP contribution in [0.1, 0.15) is 48.9 Å². The molecular weight excluding hydrogens is 476 g/mol. The Hall–Kier alpha value is -3.62. The number of carbonyl (C=O) groups is 1. The van der Waals surface area contributed by atoms with E-state index in [1.807, 2.05) is 17.2 Å². The molecule has 4 rings (SSSR count). The molecule has 9 nitrogen and oxygen atoms in total. The summed E-state index contributed by atoms with van der Waals surface area (Å²) >= 11 is 0. The minimum absolute atomic E-state index is 0.00796. The standard InChI is InChI=1S/C28H36N2O7/c1-32-23-16-21-22(29-18-19-10-9-11-30(19)28(21)31)17-24(23)37-13-8-6-5-7-12-36-20-14-25(33-2)27(35-4)26(15-20)34-3/h14-19H,5-13H2,1-4H3/t19-/m0/s1. The molecule has 2 aromatic carbocycles. The molecule has 0 bridgehead atoms. The minimum Gasteiger partial charge on any atom is -0.493 e. The van der Waals surface area contributed by atoms with Crippen molar-refractivity contribution in [1.82, 2.24) is 4.90 Å². The average molecular weight is 513 g/mol. The zero-order valence-corrected chi connectivity index (χ0v) is 22.1. The second-order valence-electron chi connectivity index (χ2n) is 8.98. The number of nitrogens with zero attached hydrogens (tertiary/aromatic N) is 2. The first kappa shape index (κ1) is 26.4. The summed E-state index contributed by atoms with van der Waals surface area (Å²) in [6, 6.07) is 7.24. The third-order valence-corrected chi connectivity index (χ3v) is 6.66. The molecule has 0 spiro atoms. The van der Waals surface area contributed by atoms with E-state index in [4.69, 9.17) is 28.4 Å². The fourth-order valence-electron chi connectivity index (χ4n) is 4.69. The third-order valence-electron chi connectivity index (χ3n) is 6.66. The van der Waals surface area contributed by atoms with Gasteiger partial charge in [-0.1, -0.05) is 0 Å². The van der Waals surface area contributed by atoms with Crippen molar-refractivity contribution in [1.29, 1.82) is 0 Å². The largest absolute Gasteiger partial charge is 0.493 e. The van der Waals surface area contributed by atoms with Gasteiger partial charge in [0.25, 0.3) is 5.91 Å². The van der Waals surface area contributed by atoms with Crippen LogP contribution in [-0.2, 0) is 0 Å². The number of hydrogen-bond acceptors (Lipinski definition) is 8. The second-order valence-corrected chi connectivity index (χ2v) is 8.98. The zero-order chi connectivity index (χ0) is 26.2. The Labute approximate surface area is 218 Å². The van der Waals surface area contributed by atoms with E-state index in [9.17, 15) is 4.79 Å². The van der Waals surface area contributed by atoms with Crippen molar-refractivity contribution in [2.75, 3.05) is 48.2 Å². The Morgan fingerprint density at radius 3 is 2.14 bits per heavy atom. The molecule has 0 N–H and O–H groups in total. The van der Waals surface area contributed by atoms with Gasteiger partial charge in [-0.25, -0.2) is 0 Å². The number of fused-ring (bicyclic) bond motifs is 2. The lowest BCUT2D eigenvalue weighted by Gasteiger charge is -2.20. The maximum absolute atomic E-state index is 13.0. The van der Waals surface area contributed by atoms with Crippen LogP contribution in [0.25, 0.3) is 0 Å². The Bertz CT molecular complexity index is 1090. The van der Waals surface area contributed by atoms with Crippen LogP contribution in [0, 0.1) is 0 Å². The lowest BCUT2D eigenvalue weighted by molar-refractivity contribution is 0.0774. The Morgan fingerprint density at radius 1 is 0.811 bits per heavy atom. The van der Waals surface area contributed by atoms with Gasteiger partial charge in [0.15, 0.2) is 23.0 Å². The maximum Gasteiger partial charge on any atom is 0.256 e. The molecule has 1 fully saturated rings. The summed E-state index contributed by atoms with van der Waals surface area (Å²) in [7, 11) is 6.33. The molecule has 2 heterocycles. The van der Waals surface area contributed by atoms with Gasteiger partial charge in [0.2, 0.25) is 5.75 Å². The van der Waals surface area contributed by atoms with Crippen molar-refractivity contribution in [3.05, 3.63) is 29.8 Å². The molecule has 2 aliphatic rings. The molecule has 0 saturated carbocycles. The summed E-state index contributed by atoms with van der Waals surface area (Å²) in [6.07, 6.45) is 7.65. The van der Waals surface area contributed by atoms with Gasteiger partial charge in [0, 0.05) is 31.0 Å². The van der Waals surface area contributed by atoms with E-state index in [-0.39, 0.29) is 11.9 Å². The SMILES string of the molecule is COc1cc2c(cc1OCCCCCCOc1cc(OC)c(OC)c(OC)c1)N=C[C@@H]1CCCN1C2=O. The molecule has 0 aromatic heterocycles. The van der Waals surface area contributed by atoms with Crippen molar-refractivity contribution >= 4 is 17.8 Å². The predicted molar refractivity (Wildman–Crippen MR) is 141 cm³/mol. The van der Waals surface area contributed by atoms with E-state index < -0.39 is 0 Å².